The predicted octanol–water partition coefficient (Wildman–Crippen LogP) is 6.23. The van der Waals surface area contributed by atoms with E-state index >= 15 is 0 Å². The maximum absolute atomic E-state index is 9.65. The second kappa shape index (κ2) is 5.94. The average molecular weight is 502 g/mol. The van der Waals surface area contributed by atoms with Crippen LogP contribution in [0.1, 0.15) is 0 Å². The molecule has 94 valence electrons. The summed E-state index contributed by atoms with van der Waals surface area (Å²) in [5.41, 5.74) is 0. The maximum Gasteiger partial charge on any atom is 0.159 e. The molecule has 2 aromatic rings. The Balaban J connectivity index is 2.43. The summed E-state index contributed by atoms with van der Waals surface area (Å²) in [6.45, 7) is 0. The Bertz CT molecular complexity index is 599. The van der Waals surface area contributed by atoms with Gasteiger partial charge in [0.2, 0.25) is 0 Å². The Labute approximate surface area is 138 Å². The number of hydrogen-bond acceptors (Lipinski definition) is 2. The third-order valence-electron chi connectivity index (χ3n) is 2.13. The number of benzene rings is 2. The molecule has 0 aliphatic carbocycles. The lowest BCUT2D eigenvalue weighted by Crippen LogP contribution is -1.88. The van der Waals surface area contributed by atoms with Crippen molar-refractivity contribution in [3.05, 3.63) is 48.2 Å². The number of aromatic hydroxyl groups is 1. The largest absolute Gasteiger partial charge is 0.507 e. The molecule has 0 bridgehead atoms. The minimum Gasteiger partial charge on any atom is -0.507 e. The van der Waals surface area contributed by atoms with Crippen molar-refractivity contribution in [3.8, 4) is 17.2 Å². The summed E-state index contributed by atoms with van der Waals surface area (Å²) in [7, 11) is 0. The number of halogens is 4. The number of ether oxygens (including phenoxy) is 1. The van der Waals surface area contributed by atoms with Crippen LogP contribution in [0.25, 0.3) is 0 Å². The lowest BCUT2D eigenvalue weighted by molar-refractivity contribution is 0.446. The summed E-state index contributed by atoms with van der Waals surface area (Å²) in [5, 5.41) is 9.65. The van der Waals surface area contributed by atoms with Crippen LogP contribution in [0.2, 0.25) is 0 Å². The molecule has 2 aromatic carbocycles. The third-order valence-corrected chi connectivity index (χ3v) is 4.64. The second-order valence-electron chi connectivity index (χ2n) is 3.39. The number of rotatable bonds is 2. The zero-order valence-electron chi connectivity index (χ0n) is 8.75. The average Bonchev–Trinajstić information content (AvgIpc) is 2.32. The summed E-state index contributed by atoms with van der Waals surface area (Å²) in [6, 6.07) is 8.90. The molecule has 0 aliphatic rings. The smallest absolute Gasteiger partial charge is 0.159 e. The van der Waals surface area contributed by atoms with Crippen LogP contribution in [-0.2, 0) is 0 Å². The minimum absolute atomic E-state index is 0.126. The fourth-order valence-corrected chi connectivity index (χ4v) is 3.52. The van der Waals surface area contributed by atoms with Crippen molar-refractivity contribution >= 4 is 63.7 Å². The van der Waals surface area contributed by atoms with E-state index in [-0.39, 0.29) is 5.75 Å². The standard InChI is InChI=1S/C12H6Br4O2/c13-6-1-4-10(8(15)5-6)18-12-7(14)2-3-9(17)11(12)16/h1-5,17H. The van der Waals surface area contributed by atoms with Crippen molar-refractivity contribution in [2.75, 3.05) is 0 Å². The van der Waals surface area contributed by atoms with Gasteiger partial charge in [0.05, 0.1) is 8.95 Å². The van der Waals surface area contributed by atoms with Gasteiger partial charge in [-0.25, -0.2) is 0 Å². The van der Waals surface area contributed by atoms with Gasteiger partial charge in [0, 0.05) is 4.47 Å². The first-order valence-corrected chi connectivity index (χ1v) is 7.96. The Kier molecular flexibility index (Phi) is 4.75. The molecule has 0 aromatic heterocycles. The van der Waals surface area contributed by atoms with E-state index in [4.69, 9.17) is 4.74 Å². The highest BCUT2D eigenvalue weighted by Crippen LogP contribution is 2.43. The monoisotopic (exact) mass is 498 g/mol. The fraction of sp³-hybridized carbons (Fsp3) is 0. The Morgan fingerprint density at radius 3 is 2.28 bits per heavy atom. The molecular weight excluding hydrogens is 496 g/mol. The minimum atomic E-state index is 0.126. The van der Waals surface area contributed by atoms with E-state index in [0.717, 1.165) is 13.4 Å². The molecule has 0 atom stereocenters. The Morgan fingerprint density at radius 1 is 0.889 bits per heavy atom. The highest BCUT2D eigenvalue weighted by Gasteiger charge is 2.13. The van der Waals surface area contributed by atoms with Crippen molar-refractivity contribution in [3.63, 3.8) is 0 Å². The van der Waals surface area contributed by atoms with Crippen LogP contribution < -0.4 is 4.74 Å². The summed E-state index contributed by atoms with van der Waals surface area (Å²) >= 11 is 13.5. The summed E-state index contributed by atoms with van der Waals surface area (Å²) in [5.74, 6) is 1.31. The summed E-state index contributed by atoms with van der Waals surface area (Å²) in [4.78, 5) is 0. The highest BCUT2D eigenvalue weighted by molar-refractivity contribution is 9.11. The Hall–Kier alpha value is -0.0400. The lowest BCUT2D eigenvalue weighted by Gasteiger charge is -2.12. The first-order valence-electron chi connectivity index (χ1n) is 4.79. The molecule has 0 unspecified atom stereocenters. The van der Waals surface area contributed by atoms with Gasteiger partial charge >= 0.3 is 0 Å². The molecule has 0 amide bonds. The first-order chi connectivity index (χ1) is 8.49. The SMILES string of the molecule is Oc1ccc(Br)c(Oc2ccc(Br)cc2Br)c1Br. The van der Waals surface area contributed by atoms with Crippen LogP contribution in [0.15, 0.2) is 48.2 Å². The molecule has 0 fully saturated rings. The van der Waals surface area contributed by atoms with Crippen LogP contribution in [-0.4, -0.2) is 5.11 Å². The molecular formula is C12H6Br4O2. The molecule has 0 radical (unpaired) electrons. The van der Waals surface area contributed by atoms with Crippen LogP contribution in [0.3, 0.4) is 0 Å². The first kappa shape index (κ1) is 14.4. The van der Waals surface area contributed by atoms with Crippen molar-refractivity contribution in [1.82, 2.24) is 0 Å². The predicted molar refractivity (Wildman–Crippen MR) is 85.4 cm³/mol. The molecule has 0 spiro atoms. The second-order valence-corrected chi connectivity index (χ2v) is 6.80. The molecule has 2 rings (SSSR count). The van der Waals surface area contributed by atoms with Gasteiger partial charge in [-0.15, -0.1) is 0 Å². The molecule has 0 heterocycles. The van der Waals surface area contributed by atoms with Crippen molar-refractivity contribution in [1.29, 1.82) is 0 Å². The van der Waals surface area contributed by atoms with E-state index in [1.54, 1.807) is 12.1 Å². The van der Waals surface area contributed by atoms with E-state index in [0.29, 0.717) is 16.0 Å². The zero-order chi connectivity index (χ0) is 13.3. The quantitative estimate of drug-likeness (QED) is 0.528. The molecule has 0 saturated carbocycles. The van der Waals surface area contributed by atoms with Crippen molar-refractivity contribution < 1.29 is 9.84 Å². The summed E-state index contributed by atoms with van der Waals surface area (Å²) < 4.78 is 8.82. The number of hydrogen-bond donors (Lipinski definition) is 1. The molecule has 18 heavy (non-hydrogen) atoms. The van der Waals surface area contributed by atoms with Crippen molar-refractivity contribution in [2.24, 2.45) is 0 Å². The van der Waals surface area contributed by atoms with E-state index in [2.05, 4.69) is 63.7 Å². The van der Waals surface area contributed by atoms with Gasteiger partial charge in [0.25, 0.3) is 0 Å². The van der Waals surface area contributed by atoms with Crippen LogP contribution in [0.4, 0.5) is 0 Å². The highest BCUT2D eigenvalue weighted by atomic mass is 79.9. The van der Waals surface area contributed by atoms with Gasteiger partial charge < -0.3 is 9.84 Å². The molecule has 2 nitrogen and oxygen atoms in total. The van der Waals surface area contributed by atoms with Gasteiger partial charge in [-0.3, -0.25) is 0 Å². The van der Waals surface area contributed by atoms with Gasteiger partial charge in [-0.2, -0.15) is 0 Å². The molecule has 0 saturated heterocycles. The van der Waals surface area contributed by atoms with Gasteiger partial charge in [0.15, 0.2) is 5.75 Å². The number of phenolic OH excluding ortho intramolecular Hbond substituents is 1. The van der Waals surface area contributed by atoms with Gasteiger partial charge in [-0.05, 0) is 78.1 Å². The summed E-state index contributed by atoms with van der Waals surface area (Å²) in [6.07, 6.45) is 0. The molecule has 0 aliphatic heterocycles. The van der Waals surface area contributed by atoms with Crippen LogP contribution in [0, 0.1) is 0 Å². The van der Waals surface area contributed by atoms with E-state index < -0.39 is 0 Å². The maximum atomic E-state index is 9.65. The third kappa shape index (κ3) is 3.10. The Morgan fingerprint density at radius 2 is 1.61 bits per heavy atom. The van der Waals surface area contributed by atoms with Gasteiger partial charge in [-0.1, -0.05) is 15.9 Å². The van der Waals surface area contributed by atoms with Crippen molar-refractivity contribution in [2.45, 2.75) is 0 Å². The molecule has 6 heteroatoms. The fourth-order valence-electron chi connectivity index (χ4n) is 1.28. The topological polar surface area (TPSA) is 29.5 Å². The molecule has 1 N–H and O–H groups in total. The van der Waals surface area contributed by atoms with E-state index in [1.807, 2.05) is 18.2 Å². The normalized spacial score (nSPS) is 10.4. The zero-order valence-corrected chi connectivity index (χ0v) is 15.1. The van der Waals surface area contributed by atoms with Crippen LogP contribution >= 0.6 is 63.7 Å². The lowest BCUT2D eigenvalue weighted by atomic mass is 10.3. The van der Waals surface area contributed by atoms with E-state index in [9.17, 15) is 5.11 Å². The van der Waals surface area contributed by atoms with E-state index in [1.165, 1.54) is 0 Å². The van der Waals surface area contributed by atoms with Crippen LogP contribution in [0.5, 0.6) is 17.2 Å². The van der Waals surface area contributed by atoms with Gasteiger partial charge in [0.1, 0.15) is 16.0 Å². The number of phenols is 1.